The number of azide groups is 1. The van der Waals surface area contributed by atoms with Gasteiger partial charge in [0.05, 0.1) is 10.6 Å². The van der Waals surface area contributed by atoms with E-state index in [2.05, 4.69) is 20.0 Å². The van der Waals surface area contributed by atoms with E-state index in [1.54, 1.807) is 6.07 Å². The molecular formula is C9H7N5O2S2. The fourth-order valence-electron chi connectivity index (χ4n) is 1.23. The van der Waals surface area contributed by atoms with Crippen molar-refractivity contribution in [2.45, 2.75) is 5.16 Å². The summed E-state index contributed by atoms with van der Waals surface area (Å²) in [5.74, 6) is -0.0173. The zero-order valence-corrected chi connectivity index (χ0v) is 10.8. The minimum absolute atomic E-state index is 0.0173. The highest BCUT2D eigenvalue weighted by Gasteiger charge is 2.14. The van der Waals surface area contributed by atoms with E-state index in [1.165, 1.54) is 17.4 Å². The summed E-state index contributed by atoms with van der Waals surface area (Å²) < 4.78 is 22.9. The lowest BCUT2D eigenvalue weighted by Crippen LogP contribution is -2.04. The van der Waals surface area contributed by atoms with E-state index >= 15 is 0 Å². The van der Waals surface area contributed by atoms with Crippen molar-refractivity contribution in [3.8, 4) is 10.6 Å². The molecule has 0 saturated heterocycles. The predicted octanol–water partition coefficient (Wildman–Crippen LogP) is 2.55. The molecule has 0 fully saturated rings. The van der Waals surface area contributed by atoms with E-state index in [0.717, 1.165) is 11.1 Å². The maximum absolute atomic E-state index is 11.5. The highest BCUT2D eigenvalue weighted by atomic mass is 32.2. The number of aromatic nitrogens is 2. The van der Waals surface area contributed by atoms with Crippen LogP contribution in [0.2, 0.25) is 0 Å². The fourth-order valence-corrected chi connectivity index (χ4v) is 2.44. The van der Waals surface area contributed by atoms with Gasteiger partial charge in [-0.1, -0.05) is 6.07 Å². The molecule has 0 radical (unpaired) electrons. The van der Waals surface area contributed by atoms with Crippen LogP contribution in [0, 0.1) is 0 Å². The Morgan fingerprint density at radius 1 is 1.44 bits per heavy atom. The highest BCUT2D eigenvalue weighted by molar-refractivity contribution is 7.90. The van der Waals surface area contributed by atoms with Crippen LogP contribution in [0.3, 0.4) is 0 Å². The molecule has 0 unspecified atom stereocenters. The topological polar surface area (TPSA) is 109 Å². The summed E-state index contributed by atoms with van der Waals surface area (Å²) in [5, 5.41) is 4.81. The molecule has 0 aliphatic rings. The Hall–Kier alpha value is -1.96. The Morgan fingerprint density at radius 2 is 2.22 bits per heavy atom. The average molecular weight is 281 g/mol. The van der Waals surface area contributed by atoms with Crippen LogP contribution in [0.25, 0.3) is 21.0 Å². The molecule has 9 heteroatoms. The second-order valence-electron chi connectivity index (χ2n) is 3.33. The minimum Gasteiger partial charge on any atom is -0.221 e. The van der Waals surface area contributed by atoms with E-state index in [0.29, 0.717) is 5.69 Å². The molecule has 92 valence electrons. The van der Waals surface area contributed by atoms with E-state index in [9.17, 15) is 8.42 Å². The number of nitrogens with zero attached hydrogens (tertiary/aromatic N) is 5. The SMILES string of the molecule is CS(=O)(=O)c1nc(N=[N+]=[N-])cc(-c2cccs2)n1. The lowest BCUT2D eigenvalue weighted by molar-refractivity contribution is 0.593. The standard InChI is InChI=1S/C9H7N5O2S2/c1-18(15,16)9-11-6(7-3-2-4-17-7)5-8(12-9)13-14-10/h2-5H,1H3. The van der Waals surface area contributed by atoms with Gasteiger partial charge < -0.3 is 0 Å². The van der Waals surface area contributed by atoms with E-state index in [-0.39, 0.29) is 11.0 Å². The van der Waals surface area contributed by atoms with Crippen molar-refractivity contribution in [2.24, 2.45) is 5.11 Å². The molecule has 2 heterocycles. The summed E-state index contributed by atoms with van der Waals surface area (Å²) in [4.78, 5) is 11.0. The van der Waals surface area contributed by atoms with Crippen molar-refractivity contribution >= 4 is 27.0 Å². The molecule has 2 aromatic rings. The molecule has 0 aromatic carbocycles. The van der Waals surface area contributed by atoms with Crippen LogP contribution in [-0.2, 0) is 9.84 Å². The van der Waals surface area contributed by atoms with Gasteiger partial charge in [-0.25, -0.2) is 18.4 Å². The van der Waals surface area contributed by atoms with Crippen LogP contribution in [0.5, 0.6) is 0 Å². The molecule has 0 spiro atoms. The van der Waals surface area contributed by atoms with E-state index in [1.807, 2.05) is 11.4 Å². The third kappa shape index (κ3) is 2.65. The summed E-state index contributed by atoms with van der Waals surface area (Å²) in [6.07, 6.45) is 1.00. The van der Waals surface area contributed by atoms with Crippen LogP contribution in [0.15, 0.2) is 33.8 Å². The smallest absolute Gasteiger partial charge is 0.221 e. The molecule has 0 aliphatic heterocycles. The quantitative estimate of drug-likeness (QED) is 0.372. The second kappa shape index (κ2) is 4.73. The minimum atomic E-state index is -3.56. The Labute approximate surface area is 107 Å². The van der Waals surface area contributed by atoms with Crippen molar-refractivity contribution < 1.29 is 8.42 Å². The van der Waals surface area contributed by atoms with Crippen LogP contribution < -0.4 is 0 Å². The molecule has 7 nitrogen and oxygen atoms in total. The van der Waals surface area contributed by atoms with Gasteiger partial charge in [-0.15, -0.1) is 11.3 Å². The lowest BCUT2D eigenvalue weighted by Gasteiger charge is -2.02. The zero-order chi connectivity index (χ0) is 13.2. The largest absolute Gasteiger partial charge is 0.247 e. The van der Waals surface area contributed by atoms with Gasteiger partial charge in [-0.2, -0.15) is 0 Å². The molecule has 0 N–H and O–H groups in total. The monoisotopic (exact) mass is 281 g/mol. The van der Waals surface area contributed by atoms with Crippen molar-refractivity contribution in [3.05, 3.63) is 34.0 Å². The van der Waals surface area contributed by atoms with Crippen molar-refractivity contribution in [2.75, 3.05) is 6.26 Å². The molecule has 2 rings (SSSR count). The summed E-state index contributed by atoms with van der Waals surface area (Å²) in [5.41, 5.74) is 8.81. The zero-order valence-electron chi connectivity index (χ0n) is 9.18. The predicted molar refractivity (Wildman–Crippen MR) is 67.3 cm³/mol. The second-order valence-corrected chi connectivity index (χ2v) is 6.19. The van der Waals surface area contributed by atoms with Gasteiger partial charge in [0.1, 0.15) is 5.82 Å². The first-order valence-electron chi connectivity index (χ1n) is 4.69. The molecule has 0 bridgehead atoms. The summed E-state index contributed by atoms with van der Waals surface area (Å²) in [6, 6.07) is 5.05. The average Bonchev–Trinajstić information content (AvgIpc) is 2.81. The van der Waals surface area contributed by atoms with Crippen LogP contribution in [0.4, 0.5) is 5.82 Å². The number of sulfone groups is 1. The summed E-state index contributed by atoms with van der Waals surface area (Å²) in [6.45, 7) is 0. The maximum atomic E-state index is 11.5. The first-order valence-corrected chi connectivity index (χ1v) is 7.46. The number of hydrogen-bond donors (Lipinski definition) is 0. The molecule has 2 aromatic heterocycles. The first-order chi connectivity index (χ1) is 8.50. The van der Waals surface area contributed by atoms with Crippen molar-refractivity contribution in [1.29, 1.82) is 0 Å². The number of hydrogen-bond acceptors (Lipinski definition) is 6. The van der Waals surface area contributed by atoms with Crippen LogP contribution in [-0.4, -0.2) is 24.6 Å². The van der Waals surface area contributed by atoms with Gasteiger partial charge in [-0.3, -0.25) is 0 Å². The Bertz CT molecular complexity index is 717. The normalized spacial score (nSPS) is 10.9. The van der Waals surface area contributed by atoms with E-state index < -0.39 is 9.84 Å². The number of rotatable bonds is 3. The summed E-state index contributed by atoms with van der Waals surface area (Å²) >= 11 is 1.40. The Kier molecular flexibility index (Phi) is 3.28. The maximum Gasteiger partial charge on any atom is 0.247 e. The lowest BCUT2D eigenvalue weighted by atomic mass is 10.3. The fraction of sp³-hybridized carbons (Fsp3) is 0.111. The van der Waals surface area contributed by atoms with Gasteiger partial charge in [-0.05, 0) is 28.2 Å². The summed E-state index contributed by atoms with van der Waals surface area (Å²) in [7, 11) is -3.56. The van der Waals surface area contributed by atoms with Crippen molar-refractivity contribution in [1.82, 2.24) is 9.97 Å². The molecular weight excluding hydrogens is 274 g/mol. The van der Waals surface area contributed by atoms with Gasteiger partial charge in [0.25, 0.3) is 0 Å². The molecule has 18 heavy (non-hydrogen) atoms. The van der Waals surface area contributed by atoms with Gasteiger partial charge >= 0.3 is 0 Å². The third-order valence-electron chi connectivity index (χ3n) is 1.94. The van der Waals surface area contributed by atoms with Crippen LogP contribution in [0.1, 0.15) is 0 Å². The Balaban J connectivity index is 2.68. The number of thiophene rings is 1. The first kappa shape index (κ1) is 12.5. The van der Waals surface area contributed by atoms with Crippen molar-refractivity contribution in [3.63, 3.8) is 0 Å². The molecule has 0 saturated carbocycles. The molecule has 0 aliphatic carbocycles. The third-order valence-corrected chi connectivity index (χ3v) is 3.68. The van der Waals surface area contributed by atoms with Gasteiger partial charge in [0.2, 0.25) is 15.0 Å². The van der Waals surface area contributed by atoms with E-state index in [4.69, 9.17) is 5.53 Å². The molecule has 0 amide bonds. The molecule has 0 atom stereocenters. The van der Waals surface area contributed by atoms with Gasteiger partial charge in [0, 0.05) is 11.2 Å². The van der Waals surface area contributed by atoms with Crippen LogP contribution >= 0.6 is 11.3 Å². The highest BCUT2D eigenvalue weighted by Crippen LogP contribution is 2.26. The Morgan fingerprint density at radius 3 is 2.78 bits per heavy atom. The van der Waals surface area contributed by atoms with Gasteiger partial charge in [0.15, 0.2) is 0 Å².